The van der Waals surface area contributed by atoms with Crippen LogP contribution in [-0.2, 0) is 16.0 Å². The fourth-order valence-corrected chi connectivity index (χ4v) is 2.48. The van der Waals surface area contributed by atoms with Gasteiger partial charge in [0.15, 0.2) is 0 Å². The van der Waals surface area contributed by atoms with Gasteiger partial charge in [0, 0.05) is 13.1 Å². The molecule has 2 unspecified atom stereocenters. The van der Waals surface area contributed by atoms with Crippen LogP contribution in [0.15, 0.2) is 24.3 Å². The summed E-state index contributed by atoms with van der Waals surface area (Å²) in [5.41, 5.74) is 2.32. The Kier molecular flexibility index (Phi) is 3.88. The molecule has 1 aromatic carbocycles. The number of carboxylic acids is 1. The fraction of sp³-hybridized carbons (Fsp3) is 0.467. The van der Waals surface area contributed by atoms with E-state index in [-0.39, 0.29) is 18.4 Å². The van der Waals surface area contributed by atoms with Gasteiger partial charge < -0.3 is 10.0 Å². The summed E-state index contributed by atoms with van der Waals surface area (Å²) in [6.07, 6.45) is 0.771. The van der Waals surface area contributed by atoms with Gasteiger partial charge in [-0.05, 0) is 24.5 Å². The average Bonchev–Trinajstić information content (AvgIpc) is 2.36. The molecule has 1 aliphatic carbocycles. The van der Waals surface area contributed by atoms with Gasteiger partial charge in [-0.3, -0.25) is 9.59 Å². The molecule has 19 heavy (non-hydrogen) atoms. The quantitative estimate of drug-likeness (QED) is 0.880. The van der Waals surface area contributed by atoms with Gasteiger partial charge in [0.1, 0.15) is 0 Å². The second-order valence-corrected chi connectivity index (χ2v) is 5.07. The average molecular weight is 261 g/mol. The van der Waals surface area contributed by atoms with Crippen molar-refractivity contribution >= 4 is 11.9 Å². The molecule has 0 bridgehead atoms. The van der Waals surface area contributed by atoms with Crippen LogP contribution in [-0.4, -0.2) is 35.0 Å². The summed E-state index contributed by atoms with van der Waals surface area (Å²) < 4.78 is 0. The topological polar surface area (TPSA) is 57.6 Å². The van der Waals surface area contributed by atoms with Crippen LogP contribution < -0.4 is 0 Å². The normalized spacial score (nSPS) is 18.1. The summed E-state index contributed by atoms with van der Waals surface area (Å²) >= 11 is 0. The molecule has 1 aliphatic rings. The Hall–Kier alpha value is -1.84. The number of rotatable bonds is 5. The zero-order chi connectivity index (χ0) is 14.0. The standard InChI is InChI=1S/C15H19NO3/c1-3-16(9-10(2)15(18)19)14(17)13-8-11-6-4-5-7-12(11)13/h4-7,10,13H,3,8-9H2,1-2H3,(H,18,19). The lowest BCUT2D eigenvalue weighted by molar-refractivity contribution is -0.143. The van der Waals surface area contributed by atoms with Crippen molar-refractivity contribution in [2.45, 2.75) is 26.2 Å². The molecular weight excluding hydrogens is 242 g/mol. The van der Waals surface area contributed by atoms with Gasteiger partial charge in [0.2, 0.25) is 5.91 Å². The van der Waals surface area contributed by atoms with Crippen molar-refractivity contribution in [2.75, 3.05) is 13.1 Å². The van der Waals surface area contributed by atoms with Crippen molar-refractivity contribution in [1.29, 1.82) is 0 Å². The van der Waals surface area contributed by atoms with Crippen LogP contribution >= 0.6 is 0 Å². The number of likely N-dealkylation sites (N-methyl/N-ethyl adjacent to an activating group) is 1. The minimum Gasteiger partial charge on any atom is -0.481 e. The lowest BCUT2D eigenvalue weighted by Crippen LogP contribution is -2.42. The van der Waals surface area contributed by atoms with Crippen LogP contribution in [0.1, 0.15) is 30.9 Å². The lowest BCUT2D eigenvalue weighted by Gasteiger charge is -2.34. The van der Waals surface area contributed by atoms with Gasteiger partial charge in [0.05, 0.1) is 11.8 Å². The zero-order valence-corrected chi connectivity index (χ0v) is 11.3. The molecule has 1 aromatic rings. The fourth-order valence-electron chi connectivity index (χ4n) is 2.48. The monoisotopic (exact) mass is 261 g/mol. The van der Waals surface area contributed by atoms with Crippen molar-refractivity contribution in [3.8, 4) is 0 Å². The molecule has 4 nitrogen and oxygen atoms in total. The molecular formula is C15H19NO3. The second-order valence-electron chi connectivity index (χ2n) is 5.07. The summed E-state index contributed by atoms with van der Waals surface area (Å²) in [4.78, 5) is 24.9. The van der Waals surface area contributed by atoms with Crippen LogP contribution in [0.3, 0.4) is 0 Å². The molecule has 0 fully saturated rings. The van der Waals surface area contributed by atoms with E-state index in [1.54, 1.807) is 11.8 Å². The van der Waals surface area contributed by atoms with Crippen LogP contribution in [0.25, 0.3) is 0 Å². The van der Waals surface area contributed by atoms with Crippen molar-refractivity contribution in [1.82, 2.24) is 4.90 Å². The molecule has 0 heterocycles. The van der Waals surface area contributed by atoms with Gasteiger partial charge in [0.25, 0.3) is 0 Å². The highest BCUT2D eigenvalue weighted by Gasteiger charge is 2.34. The predicted molar refractivity (Wildman–Crippen MR) is 71.9 cm³/mol. The first-order chi connectivity index (χ1) is 9.04. The molecule has 2 atom stereocenters. The highest BCUT2D eigenvalue weighted by atomic mass is 16.4. The molecule has 1 N–H and O–H groups in total. The maximum absolute atomic E-state index is 12.4. The first-order valence-corrected chi connectivity index (χ1v) is 6.64. The first-order valence-electron chi connectivity index (χ1n) is 6.64. The molecule has 0 aromatic heterocycles. The van der Waals surface area contributed by atoms with E-state index >= 15 is 0 Å². The smallest absolute Gasteiger partial charge is 0.308 e. The van der Waals surface area contributed by atoms with E-state index in [9.17, 15) is 9.59 Å². The third-order valence-corrected chi connectivity index (χ3v) is 3.76. The molecule has 0 aliphatic heterocycles. The zero-order valence-electron chi connectivity index (χ0n) is 11.3. The van der Waals surface area contributed by atoms with Crippen LogP contribution in [0.4, 0.5) is 0 Å². The van der Waals surface area contributed by atoms with Gasteiger partial charge in [-0.1, -0.05) is 31.2 Å². The number of carboxylic acid groups (broad SMARTS) is 1. The maximum atomic E-state index is 12.4. The second kappa shape index (κ2) is 5.43. The molecule has 4 heteroatoms. The number of hydrogen-bond donors (Lipinski definition) is 1. The molecule has 0 saturated heterocycles. The molecule has 0 spiro atoms. The van der Waals surface area contributed by atoms with Gasteiger partial charge in [-0.2, -0.15) is 0 Å². The number of fused-ring (bicyclic) bond motifs is 1. The largest absolute Gasteiger partial charge is 0.481 e. The van der Waals surface area contributed by atoms with E-state index in [0.717, 1.165) is 12.0 Å². The van der Waals surface area contributed by atoms with E-state index in [1.165, 1.54) is 5.56 Å². The third kappa shape index (κ3) is 2.62. The Bertz CT molecular complexity index is 498. The Morgan fingerprint density at radius 1 is 1.42 bits per heavy atom. The first kappa shape index (κ1) is 13.6. The van der Waals surface area contributed by atoms with Crippen molar-refractivity contribution in [3.63, 3.8) is 0 Å². The number of hydrogen-bond acceptors (Lipinski definition) is 2. The van der Waals surface area contributed by atoms with E-state index < -0.39 is 11.9 Å². The predicted octanol–water partition coefficient (Wildman–Crippen LogP) is 1.90. The van der Waals surface area contributed by atoms with Crippen molar-refractivity contribution in [2.24, 2.45) is 5.92 Å². The van der Waals surface area contributed by atoms with Gasteiger partial charge in [-0.25, -0.2) is 0 Å². The summed E-state index contributed by atoms with van der Waals surface area (Å²) in [6.45, 7) is 4.35. The molecule has 1 amide bonds. The van der Waals surface area contributed by atoms with Crippen molar-refractivity contribution < 1.29 is 14.7 Å². The number of aliphatic carboxylic acids is 1. The number of benzene rings is 1. The summed E-state index contributed by atoms with van der Waals surface area (Å²) in [6, 6.07) is 7.93. The highest BCUT2D eigenvalue weighted by Crippen LogP contribution is 2.36. The van der Waals surface area contributed by atoms with Crippen LogP contribution in [0, 0.1) is 5.92 Å². The molecule has 2 rings (SSSR count). The Labute approximate surface area is 113 Å². The molecule has 102 valence electrons. The third-order valence-electron chi connectivity index (χ3n) is 3.76. The molecule has 0 radical (unpaired) electrons. The Morgan fingerprint density at radius 2 is 2.11 bits per heavy atom. The Morgan fingerprint density at radius 3 is 2.68 bits per heavy atom. The van der Waals surface area contributed by atoms with Crippen molar-refractivity contribution in [3.05, 3.63) is 35.4 Å². The van der Waals surface area contributed by atoms with E-state index in [4.69, 9.17) is 5.11 Å². The molecule has 0 saturated carbocycles. The summed E-state index contributed by atoms with van der Waals surface area (Å²) in [5.74, 6) is -1.43. The number of nitrogens with zero attached hydrogens (tertiary/aromatic N) is 1. The van der Waals surface area contributed by atoms with E-state index in [2.05, 4.69) is 0 Å². The van der Waals surface area contributed by atoms with E-state index in [1.807, 2.05) is 31.2 Å². The summed E-state index contributed by atoms with van der Waals surface area (Å²) in [5, 5.41) is 8.94. The van der Waals surface area contributed by atoms with Crippen LogP contribution in [0.2, 0.25) is 0 Å². The Balaban J connectivity index is 2.05. The van der Waals surface area contributed by atoms with Gasteiger partial charge >= 0.3 is 5.97 Å². The number of carbonyl (C=O) groups excluding carboxylic acids is 1. The van der Waals surface area contributed by atoms with Gasteiger partial charge in [-0.15, -0.1) is 0 Å². The summed E-state index contributed by atoms with van der Waals surface area (Å²) in [7, 11) is 0. The van der Waals surface area contributed by atoms with E-state index in [0.29, 0.717) is 6.54 Å². The number of amides is 1. The number of carbonyl (C=O) groups is 2. The maximum Gasteiger partial charge on any atom is 0.308 e. The minimum absolute atomic E-state index is 0.0503. The SMILES string of the molecule is CCN(CC(C)C(=O)O)C(=O)C1Cc2ccccc21. The van der Waals surface area contributed by atoms with Crippen LogP contribution in [0.5, 0.6) is 0 Å². The highest BCUT2D eigenvalue weighted by molar-refractivity contribution is 5.87. The lowest BCUT2D eigenvalue weighted by atomic mass is 9.77. The minimum atomic E-state index is -0.861.